The molecule has 2 aliphatic heterocycles. The number of carbonyl (C=O) groups is 2. The van der Waals surface area contributed by atoms with E-state index in [1.807, 2.05) is 32.0 Å². The first-order valence-corrected chi connectivity index (χ1v) is 13.9. The number of urea groups is 1. The zero-order valence-electron chi connectivity index (χ0n) is 23.3. The number of imide groups is 1. The van der Waals surface area contributed by atoms with Gasteiger partial charge >= 0.3 is 6.03 Å². The maximum Gasteiger partial charge on any atom is 0.329 e. The highest BCUT2D eigenvalue weighted by Crippen LogP contribution is 2.32. The molecule has 3 amide bonds. The Morgan fingerprint density at radius 2 is 1.90 bits per heavy atom. The molecule has 1 saturated heterocycles. The third kappa shape index (κ3) is 8.54. The second-order valence-electron chi connectivity index (χ2n) is 10.4. The SMILES string of the molecule is CC1(C)OCc2cc(C(O)CNCCCCCCOCCC#Cc3ccc(N4C(=O)CNC4=O)cc3)ccc2O1. The van der Waals surface area contributed by atoms with Crippen LogP contribution in [-0.4, -0.2) is 55.7 Å². The molecular formula is C31H39N3O6. The average Bonchev–Trinajstić information content (AvgIpc) is 3.28. The van der Waals surface area contributed by atoms with Crippen molar-refractivity contribution in [3.8, 4) is 17.6 Å². The van der Waals surface area contributed by atoms with Crippen LogP contribution in [0.3, 0.4) is 0 Å². The number of unbranched alkanes of at least 4 members (excludes halogenated alkanes) is 3. The summed E-state index contributed by atoms with van der Waals surface area (Å²) < 4.78 is 17.2. The number of aliphatic hydroxyl groups excluding tert-OH is 1. The number of hydrogen-bond acceptors (Lipinski definition) is 7. The summed E-state index contributed by atoms with van der Waals surface area (Å²) in [5.41, 5.74) is 3.20. The van der Waals surface area contributed by atoms with Gasteiger partial charge < -0.3 is 30.0 Å². The number of carbonyl (C=O) groups excluding carboxylic acids is 2. The summed E-state index contributed by atoms with van der Waals surface area (Å²) in [6, 6.07) is 12.4. The zero-order chi connectivity index (χ0) is 28.4. The minimum absolute atomic E-state index is 0.0337. The Labute approximate surface area is 236 Å². The molecule has 1 unspecified atom stereocenters. The zero-order valence-corrected chi connectivity index (χ0v) is 23.3. The van der Waals surface area contributed by atoms with Crippen molar-refractivity contribution in [2.24, 2.45) is 0 Å². The van der Waals surface area contributed by atoms with Crippen molar-refractivity contribution in [2.75, 3.05) is 37.7 Å². The first-order valence-electron chi connectivity index (χ1n) is 13.9. The lowest BCUT2D eigenvalue weighted by atomic mass is 10.0. The Hall–Kier alpha value is -3.42. The number of rotatable bonds is 13. The number of amides is 3. The molecule has 0 bridgehead atoms. The average molecular weight is 550 g/mol. The highest BCUT2D eigenvalue weighted by Gasteiger charge is 2.30. The molecule has 0 aromatic heterocycles. The topological polar surface area (TPSA) is 109 Å². The second-order valence-corrected chi connectivity index (χ2v) is 10.4. The van der Waals surface area contributed by atoms with E-state index in [0.717, 1.165) is 66.2 Å². The molecule has 0 spiro atoms. The van der Waals surface area contributed by atoms with Gasteiger partial charge in [0.2, 0.25) is 5.79 Å². The minimum Gasteiger partial charge on any atom is -0.463 e. The molecule has 40 heavy (non-hydrogen) atoms. The Bertz CT molecular complexity index is 1200. The quantitative estimate of drug-likeness (QED) is 0.197. The number of fused-ring (bicyclic) bond motifs is 1. The van der Waals surface area contributed by atoms with Crippen LogP contribution in [0.15, 0.2) is 42.5 Å². The molecule has 9 heteroatoms. The van der Waals surface area contributed by atoms with Crippen LogP contribution in [0.2, 0.25) is 0 Å². The molecule has 2 aromatic carbocycles. The van der Waals surface area contributed by atoms with Crippen LogP contribution >= 0.6 is 0 Å². The molecule has 3 N–H and O–H groups in total. The molecule has 0 radical (unpaired) electrons. The summed E-state index contributed by atoms with van der Waals surface area (Å²) in [4.78, 5) is 24.6. The molecule has 9 nitrogen and oxygen atoms in total. The molecular weight excluding hydrogens is 510 g/mol. The second kappa shape index (κ2) is 14.3. The summed E-state index contributed by atoms with van der Waals surface area (Å²) in [5.74, 6) is 6.11. The molecule has 214 valence electrons. The fourth-order valence-corrected chi connectivity index (χ4v) is 4.50. The van der Waals surface area contributed by atoms with Gasteiger partial charge in [-0.05, 0) is 61.3 Å². The Morgan fingerprint density at radius 1 is 1.10 bits per heavy atom. The highest BCUT2D eigenvalue weighted by molar-refractivity contribution is 6.19. The maximum absolute atomic E-state index is 11.8. The first kappa shape index (κ1) is 29.6. The number of nitrogens with one attached hydrogen (secondary N) is 2. The van der Waals surface area contributed by atoms with Crippen LogP contribution in [0.25, 0.3) is 0 Å². The van der Waals surface area contributed by atoms with Gasteiger partial charge in [-0.1, -0.05) is 30.7 Å². The fourth-order valence-electron chi connectivity index (χ4n) is 4.50. The molecule has 2 aliphatic rings. The van der Waals surface area contributed by atoms with Crippen LogP contribution in [0.4, 0.5) is 10.5 Å². The van der Waals surface area contributed by atoms with E-state index < -0.39 is 17.9 Å². The van der Waals surface area contributed by atoms with Crippen molar-refractivity contribution in [3.63, 3.8) is 0 Å². The van der Waals surface area contributed by atoms with Crippen molar-refractivity contribution in [3.05, 3.63) is 59.2 Å². The third-order valence-corrected chi connectivity index (χ3v) is 6.70. The van der Waals surface area contributed by atoms with Gasteiger partial charge in [0.15, 0.2) is 0 Å². The largest absolute Gasteiger partial charge is 0.463 e. The van der Waals surface area contributed by atoms with E-state index in [4.69, 9.17) is 14.2 Å². The van der Waals surface area contributed by atoms with Crippen molar-refractivity contribution in [2.45, 2.75) is 64.4 Å². The molecule has 1 atom stereocenters. The van der Waals surface area contributed by atoms with Gasteiger partial charge in [-0.15, -0.1) is 0 Å². The predicted octanol–water partition coefficient (Wildman–Crippen LogP) is 4.03. The number of hydrogen-bond donors (Lipinski definition) is 3. The highest BCUT2D eigenvalue weighted by atomic mass is 16.7. The number of benzene rings is 2. The molecule has 0 aliphatic carbocycles. The minimum atomic E-state index is -0.619. The standard InChI is InChI=1S/C31H39N3O6/c1-31(2)39-22-25-19-24(12-15-28(25)40-31)27(35)20-32-16-6-3-4-7-17-38-18-8-5-9-23-10-13-26(14-11-23)34-29(36)21-33-30(34)37/h10-15,19,27,32,35H,3-4,6-8,16-18,20-22H2,1-2H3,(H,33,37). The normalized spacial score (nSPS) is 16.5. The Morgan fingerprint density at radius 3 is 2.67 bits per heavy atom. The van der Waals surface area contributed by atoms with E-state index in [-0.39, 0.29) is 12.5 Å². The summed E-state index contributed by atoms with van der Waals surface area (Å²) in [6.45, 7) is 6.98. The van der Waals surface area contributed by atoms with E-state index in [1.54, 1.807) is 24.3 Å². The van der Waals surface area contributed by atoms with Gasteiger partial charge in [0, 0.05) is 44.5 Å². The Kier molecular flexibility index (Phi) is 10.6. The van der Waals surface area contributed by atoms with Crippen LogP contribution in [0.1, 0.15) is 68.7 Å². The summed E-state index contributed by atoms with van der Waals surface area (Å²) in [7, 11) is 0. The van der Waals surface area contributed by atoms with Gasteiger partial charge in [0.1, 0.15) is 5.75 Å². The van der Waals surface area contributed by atoms with E-state index in [1.165, 1.54) is 0 Å². The van der Waals surface area contributed by atoms with Crippen LogP contribution < -0.4 is 20.3 Å². The number of nitrogens with zero attached hydrogens (tertiary/aromatic N) is 1. The Balaban J connectivity index is 0.998. The van der Waals surface area contributed by atoms with Gasteiger partial charge in [0.05, 0.1) is 31.5 Å². The molecule has 2 heterocycles. The number of aliphatic hydroxyl groups is 1. The first-order chi connectivity index (χ1) is 19.3. The molecule has 0 saturated carbocycles. The molecule has 4 rings (SSSR count). The van der Waals surface area contributed by atoms with Gasteiger partial charge in [-0.3, -0.25) is 4.79 Å². The third-order valence-electron chi connectivity index (χ3n) is 6.70. The van der Waals surface area contributed by atoms with E-state index in [9.17, 15) is 14.7 Å². The predicted molar refractivity (Wildman–Crippen MR) is 152 cm³/mol. The van der Waals surface area contributed by atoms with Crippen molar-refractivity contribution < 1.29 is 28.9 Å². The molecule has 1 fully saturated rings. The van der Waals surface area contributed by atoms with Crippen LogP contribution in [0, 0.1) is 11.8 Å². The maximum atomic E-state index is 11.8. The van der Waals surface area contributed by atoms with Gasteiger partial charge in [-0.25, -0.2) is 9.69 Å². The summed E-state index contributed by atoms with van der Waals surface area (Å²) in [5, 5.41) is 16.4. The van der Waals surface area contributed by atoms with E-state index >= 15 is 0 Å². The van der Waals surface area contributed by atoms with Crippen molar-refractivity contribution >= 4 is 17.6 Å². The lowest BCUT2D eigenvalue weighted by Crippen LogP contribution is -2.35. The number of ether oxygens (including phenoxy) is 3. The molecule has 2 aromatic rings. The number of anilines is 1. The van der Waals surface area contributed by atoms with Crippen LogP contribution in [0.5, 0.6) is 5.75 Å². The van der Waals surface area contributed by atoms with Crippen molar-refractivity contribution in [1.82, 2.24) is 10.6 Å². The van der Waals surface area contributed by atoms with E-state index in [0.29, 0.717) is 31.9 Å². The smallest absolute Gasteiger partial charge is 0.329 e. The van der Waals surface area contributed by atoms with Crippen LogP contribution in [-0.2, 0) is 20.9 Å². The lowest BCUT2D eigenvalue weighted by molar-refractivity contribution is -0.180. The monoisotopic (exact) mass is 549 g/mol. The summed E-state index contributed by atoms with van der Waals surface area (Å²) >= 11 is 0. The lowest BCUT2D eigenvalue weighted by Gasteiger charge is -2.33. The summed E-state index contributed by atoms with van der Waals surface area (Å²) in [6.07, 6.45) is 4.34. The van der Waals surface area contributed by atoms with Crippen molar-refractivity contribution in [1.29, 1.82) is 0 Å². The fraction of sp³-hybridized carbons (Fsp3) is 0.484. The van der Waals surface area contributed by atoms with E-state index in [2.05, 4.69) is 22.5 Å². The van der Waals surface area contributed by atoms with Gasteiger partial charge in [0.25, 0.3) is 5.91 Å². The van der Waals surface area contributed by atoms with Gasteiger partial charge in [-0.2, -0.15) is 0 Å².